The van der Waals surface area contributed by atoms with Gasteiger partial charge in [-0.05, 0) is 36.4 Å². The van der Waals surface area contributed by atoms with Gasteiger partial charge in [-0.15, -0.1) is 11.3 Å². The van der Waals surface area contributed by atoms with Crippen molar-refractivity contribution in [3.63, 3.8) is 0 Å². The lowest BCUT2D eigenvalue weighted by atomic mass is 10.1. The van der Waals surface area contributed by atoms with Crippen LogP contribution in [0, 0.1) is 0 Å². The lowest BCUT2D eigenvalue weighted by Crippen LogP contribution is -2.36. The molecule has 0 radical (unpaired) electrons. The molecule has 0 aliphatic carbocycles. The summed E-state index contributed by atoms with van der Waals surface area (Å²) < 4.78 is 16.9. The number of rotatable bonds is 7. The van der Waals surface area contributed by atoms with E-state index in [1.807, 2.05) is 12.1 Å². The lowest BCUT2D eigenvalue weighted by Gasteiger charge is -2.29. The monoisotopic (exact) mass is 441 g/mol. The molecular weight excluding hydrogens is 418 g/mol. The normalized spacial score (nSPS) is 13.8. The quantitative estimate of drug-likeness (QED) is 0.564. The molecule has 1 aliphatic heterocycles. The molecule has 0 bridgehead atoms. The number of hydrogen-bond donors (Lipinski definition) is 1. The van der Waals surface area contributed by atoms with Crippen LogP contribution in [0.5, 0.6) is 11.5 Å². The summed E-state index contributed by atoms with van der Waals surface area (Å²) in [4.78, 5) is 31.9. The Hall–Kier alpha value is -3.17. The maximum atomic E-state index is 12.7. The zero-order valence-corrected chi connectivity index (χ0v) is 18.2. The number of nitrogens with zero attached hydrogens (tertiary/aromatic N) is 2. The number of thiazole rings is 1. The molecule has 0 atom stereocenters. The highest BCUT2D eigenvalue weighted by Gasteiger charge is 2.22. The van der Waals surface area contributed by atoms with E-state index in [2.05, 4.69) is 15.2 Å². The van der Waals surface area contributed by atoms with Crippen molar-refractivity contribution in [2.24, 2.45) is 0 Å². The van der Waals surface area contributed by atoms with E-state index in [0.717, 1.165) is 23.5 Å². The number of fused-ring (bicyclic) bond motifs is 1. The Morgan fingerprint density at radius 3 is 2.52 bits per heavy atom. The molecular formula is C22H23N3O5S. The topological polar surface area (TPSA) is 90.0 Å². The van der Waals surface area contributed by atoms with Crippen molar-refractivity contribution in [3.8, 4) is 11.5 Å². The fourth-order valence-electron chi connectivity index (χ4n) is 3.40. The molecule has 31 heavy (non-hydrogen) atoms. The minimum atomic E-state index is -0.391. The number of Topliss-reactive ketones (excluding diaryl/α,β-unsaturated/α-hetero) is 1. The summed E-state index contributed by atoms with van der Waals surface area (Å²) in [6.45, 7) is 2.75. The standard InChI is InChI=1S/C22H23N3O5S/c1-28-15-5-3-14(4-6-15)17(26)13-23-21(27)22-24-19-18(29-2)8-7-16(20(19)31-22)25-9-11-30-12-10-25/h3-8H,9-13H2,1-2H3,(H,23,27). The predicted molar refractivity (Wildman–Crippen MR) is 119 cm³/mol. The predicted octanol–water partition coefficient (Wildman–Crippen LogP) is 2.76. The Morgan fingerprint density at radius 2 is 1.84 bits per heavy atom. The SMILES string of the molecule is COc1ccc(C(=O)CNC(=O)c2nc3c(OC)ccc(N4CCOCC4)c3s2)cc1. The Bertz CT molecular complexity index is 1090. The average molecular weight is 442 g/mol. The molecule has 1 aliphatic rings. The molecule has 2 aromatic carbocycles. The van der Waals surface area contributed by atoms with Gasteiger partial charge in [-0.2, -0.15) is 0 Å². The van der Waals surface area contributed by atoms with Crippen LogP contribution in [0.25, 0.3) is 10.2 Å². The molecule has 2 heterocycles. The summed E-state index contributed by atoms with van der Waals surface area (Å²) in [5.41, 5.74) is 2.15. The molecule has 1 N–H and O–H groups in total. The first-order valence-corrected chi connectivity index (χ1v) is 10.7. The maximum absolute atomic E-state index is 12.7. The van der Waals surface area contributed by atoms with Gasteiger partial charge in [0.1, 0.15) is 17.0 Å². The van der Waals surface area contributed by atoms with Gasteiger partial charge in [0.25, 0.3) is 5.91 Å². The molecule has 4 rings (SSSR count). The van der Waals surface area contributed by atoms with Crippen LogP contribution >= 0.6 is 11.3 Å². The highest BCUT2D eigenvalue weighted by atomic mass is 32.1. The number of amides is 1. The van der Waals surface area contributed by atoms with Gasteiger partial charge >= 0.3 is 0 Å². The van der Waals surface area contributed by atoms with Crippen LogP contribution < -0.4 is 19.7 Å². The number of aromatic nitrogens is 1. The summed E-state index contributed by atoms with van der Waals surface area (Å²) in [6.07, 6.45) is 0. The smallest absolute Gasteiger partial charge is 0.280 e. The van der Waals surface area contributed by atoms with Crippen LogP contribution in [0.3, 0.4) is 0 Å². The van der Waals surface area contributed by atoms with Gasteiger partial charge < -0.3 is 24.4 Å². The Balaban J connectivity index is 1.52. The van der Waals surface area contributed by atoms with Crippen LogP contribution in [0.2, 0.25) is 0 Å². The van der Waals surface area contributed by atoms with Crippen molar-refractivity contribution in [1.29, 1.82) is 0 Å². The first-order valence-electron chi connectivity index (χ1n) is 9.86. The van der Waals surface area contributed by atoms with E-state index < -0.39 is 5.91 Å². The fraction of sp³-hybridized carbons (Fsp3) is 0.318. The van der Waals surface area contributed by atoms with Gasteiger partial charge in [-0.25, -0.2) is 4.98 Å². The van der Waals surface area contributed by atoms with E-state index in [9.17, 15) is 9.59 Å². The highest BCUT2D eigenvalue weighted by Crippen LogP contribution is 2.37. The van der Waals surface area contributed by atoms with Crippen molar-refractivity contribution in [3.05, 3.63) is 47.0 Å². The van der Waals surface area contributed by atoms with Crippen LogP contribution in [0.1, 0.15) is 20.2 Å². The second-order valence-corrected chi connectivity index (χ2v) is 7.92. The zero-order valence-electron chi connectivity index (χ0n) is 17.3. The van der Waals surface area contributed by atoms with Crippen molar-refractivity contribution >= 4 is 38.9 Å². The summed E-state index contributed by atoms with van der Waals surface area (Å²) in [5, 5.41) is 2.97. The van der Waals surface area contributed by atoms with Crippen molar-refractivity contribution < 1.29 is 23.8 Å². The van der Waals surface area contributed by atoms with E-state index in [0.29, 0.717) is 35.8 Å². The van der Waals surface area contributed by atoms with Gasteiger partial charge in [0.2, 0.25) is 0 Å². The van der Waals surface area contributed by atoms with Gasteiger partial charge in [-0.3, -0.25) is 9.59 Å². The molecule has 1 amide bonds. The van der Waals surface area contributed by atoms with E-state index >= 15 is 0 Å². The number of morpholine rings is 1. The van der Waals surface area contributed by atoms with E-state index in [1.165, 1.54) is 11.3 Å². The van der Waals surface area contributed by atoms with Gasteiger partial charge in [0.05, 0.1) is 44.4 Å². The molecule has 1 fully saturated rings. The largest absolute Gasteiger partial charge is 0.497 e. The maximum Gasteiger partial charge on any atom is 0.280 e. The Labute approximate surface area is 183 Å². The number of nitrogens with one attached hydrogen (secondary N) is 1. The lowest BCUT2D eigenvalue weighted by molar-refractivity contribution is 0.0904. The van der Waals surface area contributed by atoms with Gasteiger partial charge in [0, 0.05) is 18.7 Å². The van der Waals surface area contributed by atoms with Crippen molar-refractivity contribution in [2.75, 3.05) is 52.0 Å². The minimum absolute atomic E-state index is 0.117. The summed E-state index contributed by atoms with van der Waals surface area (Å²) in [6, 6.07) is 10.6. The molecule has 0 unspecified atom stereocenters. The first kappa shape index (κ1) is 21.1. The van der Waals surface area contributed by atoms with Crippen LogP contribution in [-0.2, 0) is 4.74 Å². The average Bonchev–Trinajstić information content (AvgIpc) is 3.28. The number of carbonyl (C=O) groups excluding carboxylic acids is 2. The number of ether oxygens (including phenoxy) is 3. The molecule has 9 heteroatoms. The molecule has 1 aromatic heterocycles. The Kier molecular flexibility index (Phi) is 6.34. The molecule has 1 saturated heterocycles. The van der Waals surface area contributed by atoms with E-state index in [1.54, 1.807) is 38.5 Å². The van der Waals surface area contributed by atoms with Crippen molar-refractivity contribution in [2.45, 2.75) is 0 Å². The van der Waals surface area contributed by atoms with Gasteiger partial charge in [-0.1, -0.05) is 0 Å². The first-order chi connectivity index (χ1) is 15.1. The minimum Gasteiger partial charge on any atom is -0.497 e. The second-order valence-electron chi connectivity index (χ2n) is 6.92. The number of methoxy groups -OCH3 is 2. The summed E-state index contributed by atoms with van der Waals surface area (Å²) in [5.74, 6) is 0.693. The third kappa shape index (κ3) is 4.47. The van der Waals surface area contributed by atoms with Crippen molar-refractivity contribution in [1.82, 2.24) is 10.3 Å². The van der Waals surface area contributed by atoms with E-state index in [4.69, 9.17) is 14.2 Å². The van der Waals surface area contributed by atoms with E-state index in [-0.39, 0.29) is 17.3 Å². The highest BCUT2D eigenvalue weighted by molar-refractivity contribution is 7.21. The summed E-state index contributed by atoms with van der Waals surface area (Å²) in [7, 11) is 3.14. The molecule has 162 valence electrons. The number of carbonyl (C=O) groups is 2. The molecule has 0 spiro atoms. The van der Waals surface area contributed by atoms with Crippen LogP contribution in [0.15, 0.2) is 36.4 Å². The molecule has 3 aromatic rings. The number of ketones is 1. The van der Waals surface area contributed by atoms with Crippen LogP contribution in [-0.4, -0.2) is 63.7 Å². The number of hydrogen-bond acceptors (Lipinski definition) is 8. The third-order valence-electron chi connectivity index (χ3n) is 5.07. The Morgan fingerprint density at radius 1 is 1.10 bits per heavy atom. The number of anilines is 1. The second kappa shape index (κ2) is 9.32. The third-order valence-corrected chi connectivity index (χ3v) is 6.15. The van der Waals surface area contributed by atoms with Gasteiger partial charge in [0.15, 0.2) is 10.8 Å². The fourth-order valence-corrected chi connectivity index (χ4v) is 4.44. The van der Waals surface area contributed by atoms with Crippen LogP contribution in [0.4, 0.5) is 5.69 Å². The number of benzene rings is 2. The molecule has 0 saturated carbocycles. The molecule has 8 nitrogen and oxygen atoms in total. The summed E-state index contributed by atoms with van der Waals surface area (Å²) >= 11 is 1.29. The zero-order chi connectivity index (χ0) is 21.8.